The predicted molar refractivity (Wildman–Crippen MR) is 181 cm³/mol. The minimum absolute atomic E-state index is 0.00777. The highest BCUT2D eigenvalue weighted by atomic mass is 16.6. The zero-order chi connectivity index (χ0) is 37.5. The first-order chi connectivity index (χ1) is 23.9. The molecule has 0 radical (unpaired) electrons. The van der Waals surface area contributed by atoms with Crippen molar-refractivity contribution in [2.45, 2.75) is 59.6 Å². The molecule has 0 aliphatic carbocycles. The largest absolute Gasteiger partial charge is 0.477 e. The number of carbonyl (C=O) groups is 2. The Balaban J connectivity index is 1.34. The number of nitrogens with zero attached hydrogens (tertiary/aromatic N) is 6. The molecule has 3 heterocycles. The third-order valence-electron chi connectivity index (χ3n) is 7.78. The Bertz CT molecular complexity index is 1700. The fourth-order valence-corrected chi connectivity index (χ4v) is 5.34. The zero-order valence-electron chi connectivity index (χ0n) is 31.4. The lowest BCUT2D eigenvalue weighted by Gasteiger charge is -2.35. The number of nitro benzene ring substituents is 1. The first-order valence-electron chi connectivity index (χ1n) is 17.5. The van der Waals surface area contributed by atoms with E-state index in [1.165, 1.54) is 25.4 Å². The van der Waals surface area contributed by atoms with Gasteiger partial charge in [-0.05, 0) is 70.2 Å². The van der Waals surface area contributed by atoms with Crippen molar-refractivity contribution in [1.82, 2.24) is 24.6 Å². The van der Waals surface area contributed by atoms with Gasteiger partial charge in [-0.25, -0.2) is 14.3 Å². The van der Waals surface area contributed by atoms with E-state index < -0.39 is 23.5 Å². The molecule has 48 heavy (non-hydrogen) atoms. The van der Waals surface area contributed by atoms with Crippen molar-refractivity contribution >= 4 is 23.4 Å². The third kappa shape index (κ3) is 9.89. The standard InChI is InChI=1S/C34H47N7O7/c1-23(9-8-16-47-31-27(21-36-38(31)6)28-19-26(32(42)46-7)17-24(2)37-28)20-35-29-18-25(10-11-30(29)41(44)45)22-39-12-14-40(15-13-39)33(43)48-34(3,4)5/h10-11,17-19,21,23,35H,8-9,12-16,20,22H2,1-7H3/i6D3. The smallest absolute Gasteiger partial charge is 0.410 e. The monoisotopic (exact) mass is 668 g/mol. The van der Waals surface area contributed by atoms with Crippen LogP contribution in [0.2, 0.25) is 0 Å². The third-order valence-corrected chi connectivity index (χ3v) is 7.78. The fraction of sp³-hybridized carbons (Fsp3) is 0.529. The molecular weight excluding hydrogens is 618 g/mol. The van der Waals surface area contributed by atoms with Crippen LogP contribution < -0.4 is 10.1 Å². The van der Waals surface area contributed by atoms with Gasteiger partial charge in [-0.1, -0.05) is 13.0 Å². The molecule has 0 saturated carbocycles. The number of aromatic nitrogens is 3. The number of ether oxygens (including phenoxy) is 3. The number of hydrogen-bond donors (Lipinski definition) is 1. The molecule has 3 aromatic rings. The highest BCUT2D eigenvalue weighted by Crippen LogP contribution is 2.30. The van der Waals surface area contributed by atoms with Gasteiger partial charge in [-0.3, -0.25) is 20.0 Å². The number of methoxy groups -OCH3 is 1. The molecular formula is C34H47N7O7. The van der Waals surface area contributed by atoms with Gasteiger partial charge in [-0.2, -0.15) is 5.10 Å². The molecule has 14 nitrogen and oxygen atoms in total. The van der Waals surface area contributed by atoms with Gasteiger partial charge in [0.15, 0.2) is 0 Å². The molecule has 0 spiro atoms. The summed E-state index contributed by atoms with van der Waals surface area (Å²) in [7, 11) is 1.27. The number of amides is 1. The molecule has 1 aromatic carbocycles. The number of anilines is 1. The van der Waals surface area contributed by atoms with Gasteiger partial charge in [0.25, 0.3) is 5.69 Å². The Hall–Kier alpha value is -4.72. The van der Waals surface area contributed by atoms with Crippen LogP contribution in [-0.4, -0.2) is 93.6 Å². The number of piperazine rings is 1. The molecule has 14 heteroatoms. The zero-order valence-corrected chi connectivity index (χ0v) is 28.4. The summed E-state index contributed by atoms with van der Waals surface area (Å²) in [6, 6.07) is 8.14. The molecule has 1 atom stereocenters. The second-order valence-electron chi connectivity index (χ2n) is 13.0. The van der Waals surface area contributed by atoms with Crippen LogP contribution in [0.25, 0.3) is 11.3 Å². The minimum Gasteiger partial charge on any atom is -0.477 e. The fourth-order valence-electron chi connectivity index (χ4n) is 5.34. The predicted octanol–water partition coefficient (Wildman–Crippen LogP) is 5.45. The van der Waals surface area contributed by atoms with E-state index in [4.69, 9.17) is 18.3 Å². The maximum Gasteiger partial charge on any atom is 0.410 e. The van der Waals surface area contributed by atoms with Crippen molar-refractivity contribution in [3.05, 3.63) is 63.5 Å². The highest BCUT2D eigenvalue weighted by Gasteiger charge is 2.26. The minimum atomic E-state index is -2.61. The average Bonchev–Trinajstić information content (AvgIpc) is 3.49. The lowest BCUT2D eigenvalue weighted by Crippen LogP contribution is -2.49. The maximum atomic E-state index is 12.4. The van der Waals surface area contributed by atoms with Gasteiger partial charge >= 0.3 is 12.1 Å². The summed E-state index contributed by atoms with van der Waals surface area (Å²) in [5, 5.41) is 19.1. The number of hydrogen-bond acceptors (Lipinski definition) is 11. The molecule has 1 aliphatic heterocycles. The Morgan fingerprint density at radius 1 is 1.17 bits per heavy atom. The number of rotatable bonds is 13. The number of carbonyl (C=O) groups excluding carboxylic acids is 2. The van der Waals surface area contributed by atoms with Gasteiger partial charge in [0.2, 0.25) is 5.88 Å². The van der Waals surface area contributed by atoms with E-state index >= 15 is 0 Å². The van der Waals surface area contributed by atoms with Crippen LogP contribution in [0.3, 0.4) is 0 Å². The summed E-state index contributed by atoms with van der Waals surface area (Å²) < 4.78 is 40.9. The number of esters is 1. The van der Waals surface area contributed by atoms with Crippen LogP contribution in [-0.2, 0) is 23.0 Å². The molecule has 1 aliphatic rings. The van der Waals surface area contributed by atoms with Gasteiger partial charge in [0.1, 0.15) is 11.3 Å². The van der Waals surface area contributed by atoms with E-state index in [-0.39, 0.29) is 35.7 Å². The highest BCUT2D eigenvalue weighted by molar-refractivity contribution is 5.90. The van der Waals surface area contributed by atoms with Crippen LogP contribution in [0.1, 0.15) is 66.3 Å². The summed E-state index contributed by atoms with van der Waals surface area (Å²) >= 11 is 0. The molecule has 4 rings (SSSR count). The van der Waals surface area contributed by atoms with Gasteiger partial charge in [-0.15, -0.1) is 0 Å². The first kappa shape index (κ1) is 31.9. The number of nitrogens with one attached hydrogen (secondary N) is 1. The quantitative estimate of drug-likeness (QED) is 0.107. The van der Waals surface area contributed by atoms with Gasteiger partial charge in [0, 0.05) is 62.1 Å². The topological polar surface area (TPSA) is 154 Å². The average molecular weight is 669 g/mol. The van der Waals surface area contributed by atoms with Crippen molar-refractivity contribution in [3.8, 4) is 17.1 Å². The van der Waals surface area contributed by atoms with Crippen LogP contribution in [0, 0.1) is 23.0 Å². The Labute approximate surface area is 285 Å². The summed E-state index contributed by atoms with van der Waals surface area (Å²) in [6.07, 6.45) is 2.25. The van der Waals surface area contributed by atoms with E-state index in [0.29, 0.717) is 74.7 Å². The summed E-state index contributed by atoms with van der Waals surface area (Å²) in [5.41, 5.74) is 2.21. The van der Waals surface area contributed by atoms with E-state index in [0.717, 1.165) is 10.2 Å². The molecule has 1 N–H and O–H groups in total. The van der Waals surface area contributed by atoms with E-state index in [9.17, 15) is 19.7 Å². The molecule has 260 valence electrons. The molecule has 1 unspecified atom stereocenters. The molecule has 1 amide bonds. The number of benzene rings is 1. The first-order valence-corrected chi connectivity index (χ1v) is 16.0. The Kier molecular flexibility index (Phi) is 10.6. The van der Waals surface area contributed by atoms with Crippen LogP contribution in [0.5, 0.6) is 5.88 Å². The Morgan fingerprint density at radius 3 is 2.58 bits per heavy atom. The molecule has 0 bridgehead atoms. The number of nitro groups is 1. The lowest BCUT2D eigenvalue weighted by molar-refractivity contribution is -0.384. The van der Waals surface area contributed by atoms with Crippen molar-refractivity contribution in [3.63, 3.8) is 0 Å². The summed E-state index contributed by atoms with van der Waals surface area (Å²) in [6.45, 7) is 10.2. The second kappa shape index (κ2) is 15.9. The molecule has 1 saturated heterocycles. The normalized spacial score (nSPS) is 15.5. The van der Waals surface area contributed by atoms with Crippen molar-refractivity contribution < 1.29 is 32.8 Å². The SMILES string of the molecule is [2H]C([2H])([2H])n1ncc(-c2cc(C(=O)OC)cc(C)n2)c1OCCCC(C)CNc1cc(CN2CCN(C(=O)OC(C)(C)C)CC2)ccc1[N+](=O)[O-]. The van der Waals surface area contributed by atoms with Crippen molar-refractivity contribution in [2.75, 3.05) is 51.8 Å². The van der Waals surface area contributed by atoms with Crippen LogP contribution >= 0.6 is 0 Å². The van der Waals surface area contributed by atoms with E-state index in [1.807, 2.05) is 27.7 Å². The Morgan fingerprint density at radius 2 is 1.92 bits per heavy atom. The van der Waals surface area contributed by atoms with Crippen molar-refractivity contribution in [2.24, 2.45) is 12.9 Å². The molecule has 2 aromatic heterocycles. The summed E-state index contributed by atoms with van der Waals surface area (Å²) in [4.78, 5) is 44.4. The molecule has 1 fully saturated rings. The van der Waals surface area contributed by atoms with Gasteiger partial charge < -0.3 is 24.4 Å². The second-order valence-corrected chi connectivity index (χ2v) is 13.0. The lowest BCUT2D eigenvalue weighted by atomic mass is 10.1. The van der Waals surface area contributed by atoms with Gasteiger partial charge in [0.05, 0.1) is 41.7 Å². The number of aryl methyl sites for hydroxylation is 2. The van der Waals surface area contributed by atoms with E-state index in [2.05, 4.69) is 20.3 Å². The summed E-state index contributed by atoms with van der Waals surface area (Å²) in [5.74, 6) is -0.457. The van der Waals surface area contributed by atoms with E-state index in [1.54, 1.807) is 30.0 Å². The van der Waals surface area contributed by atoms with Crippen molar-refractivity contribution in [1.29, 1.82) is 0 Å². The number of pyridine rings is 1. The maximum absolute atomic E-state index is 12.4. The van der Waals surface area contributed by atoms with Crippen LogP contribution in [0.15, 0.2) is 36.5 Å². The van der Waals surface area contributed by atoms with Crippen LogP contribution in [0.4, 0.5) is 16.2 Å².